The Labute approximate surface area is 193 Å². The molecule has 4 nitrogen and oxygen atoms in total. The minimum absolute atomic E-state index is 0.485. The number of ether oxygens (including phenoxy) is 4. The Bertz CT molecular complexity index is 790. The first-order chi connectivity index (χ1) is 15.5. The number of rotatable bonds is 13. The molecule has 2 atom stereocenters. The average molecular weight is 439 g/mol. The number of aryl methyl sites for hydroxylation is 6. The van der Waals surface area contributed by atoms with Crippen LogP contribution in [-0.4, -0.2) is 38.6 Å². The van der Waals surface area contributed by atoms with E-state index in [-0.39, 0.29) is 0 Å². The summed E-state index contributed by atoms with van der Waals surface area (Å²) in [6.07, 6.45) is 7.35. The lowest BCUT2D eigenvalue weighted by Crippen LogP contribution is -2.04. The summed E-state index contributed by atoms with van der Waals surface area (Å²) >= 11 is 0. The number of hydrogen-bond acceptors (Lipinski definition) is 4. The van der Waals surface area contributed by atoms with Gasteiger partial charge in [-0.05, 0) is 99.6 Å². The summed E-state index contributed by atoms with van der Waals surface area (Å²) in [6, 6.07) is 9.14. The molecule has 0 amide bonds. The van der Waals surface area contributed by atoms with Gasteiger partial charge >= 0.3 is 0 Å². The maximum absolute atomic E-state index is 6.09. The molecule has 0 aliphatic carbocycles. The minimum Gasteiger partial charge on any atom is -0.493 e. The van der Waals surface area contributed by atoms with Gasteiger partial charge in [-0.25, -0.2) is 0 Å². The van der Waals surface area contributed by atoms with Crippen molar-refractivity contribution in [3.63, 3.8) is 0 Å². The molecule has 4 rings (SSSR count). The Hall–Kier alpha value is -2.04. The lowest BCUT2D eigenvalue weighted by Gasteiger charge is -2.16. The molecule has 2 unspecified atom stereocenters. The van der Waals surface area contributed by atoms with E-state index in [4.69, 9.17) is 18.9 Å². The third-order valence-corrected chi connectivity index (χ3v) is 6.38. The van der Waals surface area contributed by atoms with E-state index >= 15 is 0 Å². The molecule has 2 aromatic rings. The van der Waals surface area contributed by atoms with Crippen molar-refractivity contribution in [3.05, 3.63) is 57.6 Å². The molecule has 4 heteroatoms. The molecule has 0 spiro atoms. The van der Waals surface area contributed by atoms with E-state index in [1.165, 1.54) is 33.4 Å². The van der Waals surface area contributed by atoms with E-state index < -0.39 is 0 Å². The maximum Gasteiger partial charge on any atom is 0.125 e. The molecule has 174 valence electrons. The van der Waals surface area contributed by atoms with Gasteiger partial charge in [0.05, 0.1) is 38.6 Å². The first-order valence-corrected chi connectivity index (χ1v) is 12.2. The van der Waals surface area contributed by atoms with Crippen LogP contribution >= 0.6 is 0 Å². The second kappa shape index (κ2) is 10.7. The highest BCUT2D eigenvalue weighted by molar-refractivity contribution is 5.45. The fourth-order valence-electron chi connectivity index (χ4n) is 4.55. The van der Waals surface area contributed by atoms with Gasteiger partial charge < -0.3 is 18.9 Å². The molecule has 0 N–H and O–H groups in total. The van der Waals surface area contributed by atoms with E-state index in [1.807, 2.05) is 0 Å². The predicted octanol–water partition coefficient (Wildman–Crippen LogP) is 5.82. The third-order valence-electron chi connectivity index (χ3n) is 6.38. The molecule has 32 heavy (non-hydrogen) atoms. The van der Waals surface area contributed by atoms with Crippen LogP contribution in [0, 0.1) is 27.7 Å². The van der Waals surface area contributed by atoms with E-state index in [0.717, 1.165) is 76.5 Å². The first-order valence-electron chi connectivity index (χ1n) is 12.2. The second-order valence-electron chi connectivity index (χ2n) is 9.51. The summed E-state index contributed by atoms with van der Waals surface area (Å²) in [6.45, 7) is 12.0. The van der Waals surface area contributed by atoms with Crippen LogP contribution in [0.2, 0.25) is 0 Å². The molecule has 0 bridgehead atoms. The fraction of sp³-hybridized carbons (Fsp3) is 0.571. The second-order valence-corrected chi connectivity index (χ2v) is 9.51. The Morgan fingerprint density at radius 3 is 1.31 bits per heavy atom. The number of benzene rings is 2. The zero-order valence-corrected chi connectivity index (χ0v) is 20.2. The van der Waals surface area contributed by atoms with E-state index in [1.54, 1.807) is 0 Å². The third kappa shape index (κ3) is 6.73. The molecule has 0 aromatic heterocycles. The molecule has 0 radical (unpaired) electrons. The summed E-state index contributed by atoms with van der Waals surface area (Å²) in [5.41, 5.74) is 7.67. The lowest BCUT2D eigenvalue weighted by molar-refractivity contribution is 0.290. The van der Waals surface area contributed by atoms with Crippen LogP contribution in [0.1, 0.15) is 59.1 Å². The van der Waals surface area contributed by atoms with Crippen molar-refractivity contribution in [2.24, 2.45) is 0 Å². The Morgan fingerprint density at radius 1 is 0.656 bits per heavy atom. The van der Waals surface area contributed by atoms with E-state index in [9.17, 15) is 0 Å². The lowest BCUT2D eigenvalue weighted by atomic mass is 9.97. The van der Waals surface area contributed by atoms with Gasteiger partial charge in [0.1, 0.15) is 11.5 Å². The summed E-state index contributed by atoms with van der Waals surface area (Å²) in [5.74, 6) is 2.10. The summed E-state index contributed by atoms with van der Waals surface area (Å²) < 4.78 is 22.7. The Balaban J connectivity index is 1.29. The van der Waals surface area contributed by atoms with Gasteiger partial charge in [0.25, 0.3) is 0 Å². The van der Waals surface area contributed by atoms with Crippen molar-refractivity contribution >= 4 is 0 Å². The topological polar surface area (TPSA) is 43.5 Å². The smallest absolute Gasteiger partial charge is 0.125 e. The van der Waals surface area contributed by atoms with Crippen molar-refractivity contribution in [1.82, 2.24) is 0 Å². The van der Waals surface area contributed by atoms with Gasteiger partial charge in [-0.3, -0.25) is 0 Å². The predicted molar refractivity (Wildman–Crippen MR) is 128 cm³/mol. The van der Waals surface area contributed by atoms with Gasteiger partial charge in [-0.15, -0.1) is 0 Å². The molecule has 2 saturated heterocycles. The standard InChI is InChI=1S/C28H38O4/c1-19-13-23(14-20(2)27(19)29-11-5-7-25-17-31-25)9-10-24-15-21(3)28(22(4)16-24)30-12-6-8-26-18-32-26/h13-16,25-26H,5-12,17-18H2,1-4H3. The monoisotopic (exact) mass is 438 g/mol. The highest BCUT2D eigenvalue weighted by Gasteiger charge is 2.22. The summed E-state index contributed by atoms with van der Waals surface area (Å²) in [7, 11) is 0. The Kier molecular flexibility index (Phi) is 7.75. The highest BCUT2D eigenvalue weighted by atomic mass is 16.6. The first kappa shape index (κ1) is 23.1. The quantitative estimate of drug-likeness (QED) is 0.292. The van der Waals surface area contributed by atoms with Crippen LogP contribution in [0.25, 0.3) is 0 Å². The number of hydrogen-bond donors (Lipinski definition) is 0. The highest BCUT2D eigenvalue weighted by Crippen LogP contribution is 2.28. The SMILES string of the molecule is Cc1cc(CCc2cc(C)c(OCCCC3CO3)c(C)c2)cc(C)c1OCCCC1CO1. The average Bonchev–Trinajstić information content (AvgIpc) is 3.65. The molecular formula is C28H38O4. The molecular weight excluding hydrogens is 400 g/mol. The Morgan fingerprint density at radius 2 is 1.00 bits per heavy atom. The van der Waals surface area contributed by atoms with Crippen LogP contribution in [0.5, 0.6) is 11.5 Å². The normalized spacial score (nSPS) is 19.1. The van der Waals surface area contributed by atoms with E-state index in [2.05, 4.69) is 52.0 Å². The fourth-order valence-corrected chi connectivity index (χ4v) is 4.55. The van der Waals surface area contributed by atoms with Crippen LogP contribution in [0.3, 0.4) is 0 Å². The summed E-state index contributed by atoms with van der Waals surface area (Å²) in [4.78, 5) is 0. The van der Waals surface area contributed by atoms with Gasteiger partial charge in [0.2, 0.25) is 0 Å². The molecule has 2 aliphatic heterocycles. The maximum atomic E-state index is 6.09. The molecule has 0 saturated carbocycles. The molecule has 2 fully saturated rings. The van der Waals surface area contributed by atoms with Crippen LogP contribution < -0.4 is 9.47 Å². The molecule has 2 aromatic carbocycles. The number of epoxide rings is 2. The van der Waals surface area contributed by atoms with Crippen molar-refractivity contribution in [2.45, 2.75) is 78.4 Å². The van der Waals surface area contributed by atoms with Crippen LogP contribution in [0.15, 0.2) is 24.3 Å². The molecule has 2 heterocycles. The minimum atomic E-state index is 0.485. The van der Waals surface area contributed by atoms with Crippen molar-refractivity contribution in [1.29, 1.82) is 0 Å². The van der Waals surface area contributed by atoms with Crippen molar-refractivity contribution in [3.8, 4) is 11.5 Å². The van der Waals surface area contributed by atoms with Gasteiger partial charge in [-0.1, -0.05) is 24.3 Å². The zero-order valence-electron chi connectivity index (χ0n) is 20.2. The van der Waals surface area contributed by atoms with E-state index in [0.29, 0.717) is 12.2 Å². The van der Waals surface area contributed by atoms with Gasteiger partial charge in [-0.2, -0.15) is 0 Å². The van der Waals surface area contributed by atoms with Gasteiger partial charge in [0, 0.05) is 0 Å². The van der Waals surface area contributed by atoms with Crippen molar-refractivity contribution < 1.29 is 18.9 Å². The largest absolute Gasteiger partial charge is 0.493 e. The van der Waals surface area contributed by atoms with Crippen molar-refractivity contribution in [2.75, 3.05) is 26.4 Å². The molecule has 2 aliphatic rings. The summed E-state index contributed by atoms with van der Waals surface area (Å²) in [5, 5.41) is 0. The van der Waals surface area contributed by atoms with Crippen LogP contribution in [0.4, 0.5) is 0 Å². The zero-order chi connectivity index (χ0) is 22.5. The van der Waals surface area contributed by atoms with Gasteiger partial charge in [0.15, 0.2) is 0 Å². The van der Waals surface area contributed by atoms with Crippen LogP contribution in [-0.2, 0) is 22.3 Å².